The van der Waals surface area contributed by atoms with Gasteiger partial charge in [-0.15, -0.1) is 0 Å². The highest BCUT2D eigenvalue weighted by molar-refractivity contribution is 6.35. The van der Waals surface area contributed by atoms with Gasteiger partial charge in [-0.05, 0) is 24.3 Å². The molecule has 0 fully saturated rings. The highest BCUT2D eigenvalue weighted by atomic mass is 35.5. The Kier molecular flexibility index (Phi) is 3.09. The van der Waals surface area contributed by atoms with E-state index in [4.69, 9.17) is 17.3 Å². The second kappa shape index (κ2) is 4.90. The fourth-order valence-corrected chi connectivity index (χ4v) is 2.43. The Morgan fingerprint density at radius 2 is 2.05 bits per heavy atom. The van der Waals surface area contributed by atoms with Gasteiger partial charge in [0.1, 0.15) is 0 Å². The van der Waals surface area contributed by atoms with E-state index in [1.165, 1.54) is 0 Å². The van der Waals surface area contributed by atoms with Crippen molar-refractivity contribution in [1.82, 2.24) is 14.5 Å². The predicted molar refractivity (Wildman–Crippen MR) is 77.1 cm³/mol. The summed E-state index contributed by atoms with van der Waals surface area (Å²) >= 11 is 6.23. The quantitative estimate of drug-likeness (QED) is 0.798. The van der Waals surface area contributed by atoms with Gasteiger partial charge in [0.15, 0.2) is 0 Å². The molecular weight excluding hydrogens is 260 g/mol. The van der Waals surface area contributed by atoms with Crippen LogP contribution in [0.3, 0.4) is 0 Å². The van der Waals surface area contributed by atoms with Gasteiger partial charge in [0.2, 0.25) is 5.95 Å². The van der Waals surface area contributed by atoms with Gasteiger partial charge in [0.05, 0.1) is 16.1 Å². The number of nitrogen functional groups attached to an aromatic ring is 1. The lowest BCUT2D eigenvalue weighted by Crippen LogP contribution is -2.06. The zero-order valence-electron chi connectivity index (χ0n) is 10.3. The minimum Gasteiger partial charge on any atom is -0.369 e. The molecule has 96 valence electrons. The molecule has 1 aromatic carbocycles. The van der Waals surface area contributed by atoms with Crippen LogP contribution < -0.4 is 5.73 Å². The Bertz CT molecular complexity index is 706. The second-order valence-corrected chi connectivity index (χ2v) is 4.71. The van der Waals surface area contributed by atoms with Crippen LogP contribution in [0.1, 0.15) is 5.69 Å². The lowest BCUT2D eigenvalue weighted by molar-refractivity contribution is 0.713. The molecule has 0 bridgehead atoms. The first kappa shape index (κ1) is 12.0. The van der Waals surface area contributed by atoms with E-state index in [9.17, 15) is 0 Å². The molecule has 0 aliphatic carbocycles. The average Bonchev–Trinajstić information content (AvgIpc) is 2.75. The van der Waals surface area contributed by atoms with Crippen LogP contribution in [0.5, 0.6) is 0 Å². The summed E-state index contributed by atoms with van der Waals surface area (Å²) in [5.74, 6) is 0.485. The van der Waals surface area contributed by atoms with E-state index in [1.807, 2.05) is 41.0 Å². The van der Waals surface area contributed by atoms with Crippen LogP contribution in [-0.4, -0.2) is 14.5 Å². The Balaban J connectivity index is 1.95. The number of nitrogens with two attached hydrogens (primary N) is 1. The predicted octanol–water partition coefficient (Wildman–Crippen LogP) is 2.91. The van der Waals surface area contributed by atoms with E-state index in [2.05, 4.69) is 9.97 Å². The molecule has 3 rings (SSSR count). The number of rotatable bonds is 3. The van der Waals surface area contributed by atoms with E-state index in [-0.39, 0.29) is 0 Å². The minimum absolute atomic E-state index is 0.485. The van der Waals surface area contributed by atoms with Gasteiger partial charge in [-0.2, -0.15) is 0 Å². The van der Waals surface area contributed by atoms with Gasteiger partial charge in [0, 0.05) is 24.9 Å². The maximum Gasteiger partial charge on any atom is 0.201 e. The molecule has 0 spiro atoms. The van der Waals surface area contributed by atoms with Crippen molar-refractivity contribution in [3.05, 3.63) is 53.3 Å². The number of nitrogens with zero attached hydrogens (tertiary/aromatic N) is 3. The molecule has 0 amide bonds. The molecule has 2 aromatic heterocycles. The summed E-state index contributed by atoms with van der Waals surface area (Å²) in [5, 5.41) is 0.669. The van der Waals surface area contributed by atoms with Crippen LogP contribution >= 0.6 is 11.6 Å². The van der Waals surface area contributed by atoms with Crippen molar-refractivity contribution in [2.45, 2.75) is 13.0 Å². The normalized spacial score (nSPS) is 11.0. The van der Waals surface area contributed by atoms with Gasteiger partial charge in [-0.3, -0.25) is 4.98 Å². The number of imidazole rings is 1. The van der Waals surface area contributed by atoms with E-state index < -0.39 is 0 Å². The van der Waals surface area contributed by atoms with Crippen molar-refractivity contribution in [1.29, 1.82) is 0 Å². The van der Waals surface area contributed by atoms with Crippen molar-refractivity contribution >= 4 is 28.6 Å². The molecule has 0 aliphatic heterocycles. The van der Waals surface area contributed by atoms with Crippen LogP contribution in [0.2, 0.25) is 5.02 Å². The van der Waals surface area contributed by atoms with Crippen LogP contribution in [0, 0.1) is 0 Å². The van der Waals surface area contributed by atoms with Crippen molar-refractivity contribution in [2.24, 2.45) is 0 Å². The molecule has 5 heteroatoms. The second-order valence-electron chi connectivity index (χ2n) is 4.30. The van der Waals surface area contributed by atoms with Crippen molar-refractivity contribution in [3.63, 3.8) is 0 Å². The summed E-state index contributed by atoms with van der Waals surface area (Å²) < 4.78 is 1.94. The molecule has 0 radical (unpaired) electrons. The Hall–Kier alpha value is -2.07. The zero-order valence-corrected chi connectivity index (χ0v) is 11.0. The molecule has 0 saturated carbocycles. The number of benzene rings is 1. The minimum atomic E-state index is 0.485. The number of pyridine rings is 1. The number of aromatic nitrogens is 3. The molecule has 2 N–H and O–H groups in total. The number of anilines is 1. The van der Waals surface area contributed by atoms with Crippen molar-refractivity contribution in [2.75, 3.05) is 5.73 Å². The van der Waals surface area contributed by atoms with E-state index >= 15 is 0 Å². The topological polar surface area (TPSA) is 56.7 Å². The number of hydrogen-bond acceptors (Lipinski definition) is 3. The molecule has 0 saturated heterocycles. The van der Waals surface area contributed by atoms with Gasteiger partial charge >= 0.3 is 0 Å². The first-order valence-electron chi connectivity index (χ1n) is 6.06. The number of fused-ring (bicyclic) bond motifs is 1. The van der Waals surface area contributed by atoms with Crippen molar-refractivity contribution in [3.8, 4) is 0 Å². The van der Waals surface area contributed by atoms with Gasteiger partial charge in [-0.25, -0.2) is 4.98 Å². The standard InChI is InChI=1S/C14H13ClN4/c15-11-5-3-6-12-13(11)19(14(16)18-12)9-7-10-4-1-2-8-17-10/h1-6,8H,7,9H2,(H2,16,18). The molecule has 2 heterocycles. The van der Waals surface area contributed by atoms with E-state index in [1.54, 1.807) is 6.20 Å². The van der Waals surface area contributed by atoms with Gasteiger partial charge in [0.25, 0.3) is 0 Å². The molecular formula is C14H13ClN4. The third-order valence-electron chi connectivity index (χ3n) is 3.06. The molecule has 19 heavy (non-hydrogen) atoms. The molecule has 0 atom stereocenters. The summed E-state index contributed by atoms with van der Waals surface area (Å²) in [6.45, 7) is 0.711. The monoisotopic (exact) mass is 272 g/mol. The largest absolute Gasteiger partial charge is 0.369 e. The van der Waals surface area contributed by atoms with E-state index in [0.29, 0.717) is 17.5 Å². The number of hydrogen-bond donors (Lipinski definition) is 1. The smallest absolute Gasteiger partial charge is 0.201 e. The first-order valence-corrected chi connectivity index (χ1v) is 6.43. The van der Waals surface area contributed by atoms with Crippen molar-refractivity contribution < 1.29 is 0 Å². The lowest BCUT2D eigenvalue weighted by atomic mass is 10.2. The summed E-state index contributed by atoms with van der Waals surface area (Å²) in [7, 11) is 0. The lowest BCUT2D eigenvalue weighted by Gasteiger charge is -2.07. The SMILES string of the molecule is Nc1nc2cccc(Cl)c2n1CCc1ccccn1. The van der Waals surface area contributed by atoms with Gasteiger partial charge < -0.3 is 10.3 Å². The van der Waals surface area contributed by atoms with Crippen LogP contribution in [0.4, 0.5) is 5.95 Å². The molecule has 3 aromatic rings. The molecule has 4 nitrogen and oxygen atoms in total. The third kappa shape index (κ3) is 2.27. The fraction of sp³-hybridized carbons (Fsp3) is 0.143. The van der Waals surface area contributed by atoms with Crippen LogP contribution in [0.15, 0.2) is 42.6 Å². The van der Waals surface area contributed by atoms with Crippen LogP contribution in [0.25, 0.3) is 11.0 Å². The third-order valence-corrected chi connectivity index (χ3v) is 3.37. The Labute approximate surface area is 115 Å². The Morgan fingerprint density at radius 3 is 2.84 bits per heavy atom. The highest BCUT2D eigenvalue weighted by Crippen LogP contribution is 2.25. The molecule has 0 unspecified atom stereocenters. The highest BCUT2D eigenvalue weighted by Gasteiger charge is 2.10. The summed E-state index contributed by atoms with van der Waals surface area (Å²) in [6, 6.07) is 11.5. The summed E-state index contributed by atoms with van der Waals surface area (Å²) in [6.07, 6.45) is 2.58. The van der Waals surface area contributed by atoms with Crippen LogP contribution in [-0.2, 0) is 13.0 Å². The molecule has 0 aliphatic rings. The maximum atomic E-state index is 6.23. The first-order chi connectivity index (χ1) is 9.25. The summed E-state index contributed by atoms with van der Waals surface area (Å²) in [5.41, 5.74) is 8.69. The summed E-state index contributed by atoms with van der Waals surface area (Å²) in [4.78, 5) is 8.62. The van der Waals surface area contributed by atoms with E-state index in [0.717, 1.165) is 23.1 Å². The number of aryl methyl sites for hydroxylation is 2. The maximum absolute atomic E-state index is 6.23. The van der Waals surface area contributed by atoms with Gasteiger partial charge in [-0.1, -0.05) is 23.7 Å². The number of para-hydroxylation sites is 1. The Morgan fingerprint density at radius 1 is 1.16 bits per heavy atom. The fourth-order valence-electron chi connectivity index (χ4n) is 2.16. The number of halogens is 1. The average molecular weight is 273 g/mol. The zero-order chi connectivity index (χ0) is 13.2.